The van der Waals surface area contributed by atoms with Crippen LogP contribution in [0.3, 0.4) is 0 Å². The van der Waals surface area contributed by atoms with Crippen molar-refractivity contribution in [3.63, 3.8) is 0 Å². The lowest BCUT2D eigenvalue weighted by molar-refractivity contribution is -0.384. The summed E-state index contributed by atoms with van der Waals surface area (Å²) in [5.41, 5.74) is -0.0330. The van der Waals surface area contributed by atoms with Crippen molar-refractivity contribution < 1.29 is 9.72 Å². The van der Waals surface area contributed by atoms with Crippen LogP contribution in [0, 0.1) is 27.4 Å². The Bertz CT molecular complexity index is 525. The van der Waals surface area contributed by atoms with E-state index in [0.717, 1.165) is 0 Å². The fourth-order valence-electron chi connectivity index (χ4n) is 1.19. The molecule has 6 nitrogen and oxygen atoms in total. The Morgan fingerprint density at radius 2 is 2.33 bits per heavy atom. The molecule has 0 saturated heterocycles. The van der Waals surface area contributed by atoms with Gasteiger partial charge in [-0.3, -0.25) is 14.9 Å². The Balaban J connectivity index is 2.79. The van der Waals surface area contributed by atoms with Gasteiger partial charge in [-0.15, -0.1) is 0 Å². The molecule has 1 aromatic carbocycles. The van der Waals surface area contributed by atoms with Gasteiger partial charge >= 0.3 is 0 Å². The van der Waals surface area contributed by atoms with E-state index < -0.39 is 10.8 Å². The highest BCUT2D eigenvalue weighted by Gasteiger charge is 2.15. The Kier molecular flexibility index (Phi) is 4.63. The van der Waals surface area contributed by atoms with E-state index in [9.17, 15) is 14.9 Å². The number of benzene rings is 1. The Labute approximate surface area is 108 Å². The Morgan fingerprint density at radius 1 is 1.67 bits per heavy atom. The van der Waals surface area contributed by atoms with Crippen molar-refractivity contribution in [3.05, 3.63) is 38.9 Å². The molecule has 1 amide bonds. The van der Waals surface area contributed by atoms with Crippen LogP contribution in [0.4, 0.5) is 5.69 Å². The summed E-state index contributed by atoms with van der Waals surface area (Å²) >= 11 is 5.68. The second-order valence-electron chi connectivity index (χ2n) is 3.66. The average molecular weight is 268 g/mol. The Morgan fingerprint density at radius 3 is 2.83 bits per heavy atom. The maximum atomic E-state index is 11.6. The van der Waals surface area contributed by atoms with E-state index in [-0.39, 0.29) is 28.7 Å². The van der Waals surface area contributed by atoms with E-state index >= 15 is 0 Å². The van der Waals surface area contributed by atoms with Crippen LogP contribution in [0.2, 0.25) is 5.02 Å². The molecule has 0 saturated carbocycles. The number of nitriles is 1. The minimum Gasteiger partial charge on any atom is -0.351 e. The number of nitro benzene ring substituents is 1. The van der Waals surface area contributed by atoms with Gasteiger partial charge in [-0.05, 0) is 19.1 Å². The molecule has 1 N–H and O–H groups in total. The third kappa shape index (κ3) is 3.43. The Hall–Kier alpha value is -2.13. The van der Waals surface area contributed by atoms with Crippen molar-refractivity contribution in [2.75, 3.05) is 6.54 Å². The second kappa shape index (κ2) is 5.98. The number of nitrogens with zero attached hydrogens (tertiary/aromatic N) is 2. The van der Waals surface area contributed by atoms with Crippen LogP contribution in [0.15, 0.2) is 18.2 Å². The fourth-order valence-corrected chi connectivity index (χ4v) is 1.44. The molecule has 1 unspecified atom stereocenters. The van der Waals surface area contributed by atoms with Crippen molar-refractivity contribution in [1.82, 2.24) is 5.32 Å². The van der Waals surface area contributed by atoms with E-state index in [1.807, 2.05) is 6.07 Å². The molecule has 7 heteroatoms. The molecular weight excluding hydrogens is 258 g/mol. The summed E-state index contributed by atoms with van der Waals surface area (Å²) in [7, 11) is 0. The van der Waals surface area contributed by atoms with E-state index in [4.69, 9.17) is 16.9 Å². The number of halogens is 1. The number of nitrogens with one attached hydrogen (secondary N) is 1. The van der Waals surface area contributed by atoms with Gasteiger partial charge in [0.1, 0.15) is 5.02 Å². The number of hydrogen-bond donors (Lipinski definition) is 1. The van der Waals surface area contributed by atoms with Crippen LogP contribution < -0.4 is 5.32 Å². The quantitative estimate of drug-likeness (QED) is 0.667. The molecule has 0 radical (unpaired) electrons. The summed E-state index contributed by atoms with van der Waals surface area (Å²) in [5.74, 6) is -0.726. The zero-order valence-corrected chi connectivity index (χ0v) is 10.3. The van der Waals surface area contributed by atoms with Gasteiger partial charge < -0.3 is 5.32 Å². The molecule has 0 fully saturated rings. The summed E-state index contributed by atoms with van der Waals surface area (Å²) in [6, 6.07) is 5.69. The SMILES string of the molecule is CC(C#N)CNC(=O)c1ccc([N+](=O)[O-])c(Cl)c1. The molecule has 0 aromatic heterocycles. The van der Waals surface area contributed by atoms with Crippen molar-refractivity contribution in [2.45, 2.75) is 6.92 Å². The molecule has 1 aromatic rings. The van der Waals surface area contributed by atoms with E-state index in [1.165, 1.54) is 18.2 Å². The highest BCUT2D eigenvalue weighted by atomic mass is 35.5. The fraction of sp³-hybridized carbons (Fsp3) is 0.273. The van der Waals surface area contributed by atoms with Crippen LogP contribution in [0.1, 0.15) is 17.3 Å². The first-order valence-corrected chi connectivity index (χ1v) is 5.45. The van der Waals surface area contributed by atoms with Gasteiger partial charge in [0.05, 0.1) is 16.9 Å². The number of carbonyl (C=O) groups excluding carboxylic acids is 1. The summed E-state index contributed by atoms with van der Waals surface area (Å²) in [4.78, 5) is 21.6. The van der Waals surface area contributed by atoms with E-state index in [0.29, 0.717) is 0 Å². The molecule has 0 aliphatic heterocycles. The highest BCUT2D eigenvalue weighted by molar-refractivity contribution is 6.33. The zero-order chi connectivity index (χ0) is 13.7. The van der Waals surface area contributed by atoms with Gasteiger partial charge in [-0.25, -0.2) is 0 Å². The molecule has 0 aliphatic carbocycles. The van der Waals surface area contributed by atoms with Crippen LogP contribution in [0.25, 0.3) is 0 Å². The van der Waals surface area contributed by atoms with Gasteiger partial charge in [0.2, 0.25) is 0 Å². The van der Waals surface area contributed by atoms with Gasteiger partial charge in [0.15, 0.2) is 0 Å². The lowest BCUT2D eigenvalue weighted by atomic mass is 10.1. The standard InChI is InChI=1S/C11H10ClN3O3/c1-7(5-13)6-14-11(16)8-2-3-10(15(17)18)9(12)4-8/h2-4,7H,6H2,1H3,(H,14,16). The monoisotopic (exact) mass is 267 g/mol. The molecule has 0 spiro atoms. The van der Waals surface area contributed by atoms with Gasteiger partial charge in [-0.1, -0.05) is 11.6 Å². The number of nitro groups is 1. The number of rotatable bonds is 4. The van der Waals surface area contributed by atoms with E-state index in [1.54, 1.807) is 6.92 Å². The summed E-state index contributed by atoms with van der Waals surface area (Å²) in [6.07, 6.45) is 0. The zero-order valence-electron chi connectivity index (χ0n) is 9.51. The maximum Gasteiger partial charge on any atom is 0.287 e. The van der Waals surface area contributed by atoms with Crippen molar-refractivity contribution >= 4 is 23.2 Å². The largest absolute Gasteiger partial charge is 0.351 e. The van der Waals surface area contributed by atoms with E-state index in [2.05, 4.69) is 5.32 Å². The second-order valence-corrected chi connectivity index (χ2v) is 4.07. The molecule has 1 rings (SSSR count). The minimum atomic E-state index is -0.623. The third-order valence-electron chi connectivity index (χ3n) is 2.20. The smallest absolute Gasteiger partial charge is 0.287 e. The van der Waals surface area contributed by atoms with Gasteiger partial charge in [-0.2, -0.15) is 5.26 Å². The van der Waals surface area contributed by atoms with Gasteiger partial charge in [0, 0.05) is 18.2 Å². The third-order valence-corrected chi connectivity index (χ3v) is 2.50. The number of carbonyl (C=O) groups is 1. The first kappa shape index (κ1) is 13.9. The molecule has 1 atom stereocenters. The molecule has 94 valence electrons. The minimum absolute atomic E-state index is 0.0963. The first-order chi connectivity index (χ1) is 8.45. The summed E-state index contributed by atoms with van der Waals surface area (Å²) < 4.78 is 0. The molecular formula is C11H10ClN3O3. The van der Waals surface area contributed by atoms with Crippen LogP contribution in [-0.2, 0) is 0 Å². The van der Waals surface area contributed by atoms with Crippen LogP contribution in [0.5, 0.6) is 0 Å². The van der Waals surface area contributed by atoms with Crippen molar-refractivity contribution in [2.24, 2.45) is 5.92 Å². The number of amides is 1. The van der Waals surface area contributed by atoms with Crippen LogP contribution >= 0.6 is 11.6 Å². The van der Waals surface area contributed by atoms with Crippen molar-refractivity contribution in [3.8, 4) is 6.07 Å². The molecule has 18 heavy (non-hydrogen) atoms. The predicted octanol–water partition coefficient (Wildman–Crippen LogP) is 2.14. The number of hydrogen-bond acceptors (Lipinski definition) is 4. The predicted molar refractivity (Wildman–Crippen MR) is 65.2 cm³/mol. The normalized spacial score (nSPS) is 11.4. The molecule has 0 aliphatic rings. The van der Waals surface area contributed by atoms with Crippen molar-refractivity contribution in [1.29, 1.82) is 5.26 Å². The maximum absolute atomic E-state index is 11.6. The highest BCUT2D eigenvalue weighted by Crippen LogP contribution is 2.24. The lowest BCUT2D eigenvalue weighted by Crippen LogP contribution is -2.27. The molecule has 0 bridgehead atoms. The summed E-state index contributed by atoms with van der Waals surface area (Å²) in [6.45, 7) is 1.88. The van der Waals surface area contributed by atoms with Crippen LogP contribution in [-0.4, -0.2) is 17.4 Å². The summed E-state index contributed by atoms with van der Waals surface area (Å²) in [5, 5.41) is 21.5. The average Bonchev–Trinajstić information content (AvgIpc) is 2.34. The molecule has 0 heterocycles. The first-order valence-electron chi connectivity index (χ1n) is 5.07. The topological polar surface area (TPSA) is 96.0 Å². The van der Waals surface area contributed by atoms with Gasteiger partial charge in [0.25, 0.3) is 11.6 Å². The lowest BCUT2D eigenvalue weighted by Gasteiger charge is -2.06.